The first-order valence-corrected chi connectivity index (χ1v) is 8.78. The van der Waals surface area contributed by atoms with Crippen molar-refractivity contribution in [2.24, 2.45) is 7.05 Å². The van der Waals surface area contributed by atoms with E-state index in [1.54, 1.807) is 17.7 Å². The molecule has 10 heteroatoms. The number of nitrogens with zero attached hydrogens (tertiary/aromatic N) is 3. The summed E-state index contributed by atoms with van der Waals surface area (Å²) in [4.78, 5) is 26.0. The molecule has 2 heterocycles. The smallest absolute Gasteiger partial charge is 0.264 e. The van der Waals surface area contributed by atoms with Crippen LogP contribution >= 0.6 is 39.5 Å². The van der Waals surface area contributed by atoms with Crippen molar-refractivity contribution in [2.45, 2.75) is 6.42 Å². The number of H-pyrrole nitrogens is 1. The van der Waals surface area contributed by atoms with E-state index in [1.807, 2.05) is 13.1 Å². The number of carbonyl (C=O) groups excluding carboxylic acids is 2. The lowest BCUT2D eigenvalue weighted by atomic mass is 10.3. The van der Waals surface area contributed by atoms with E-state index in [2.05, 4.69) is 31.4 Å². The van der Waals surface area contributed by atoms with E-state index in [4.69, 9.17) is 12.2 Å². The molecule has 2 N–H and O–H groups in total. The van der Waals surface area contributed by atoms with E-state index in [-0.39, 0.29) is 18.4 Å². The molecule has 0 aliphatic rings. The molecule has 124 valence electrons. The fraction of sp³-hybridized carbons (Fsp3) is 0.385. The second-order valence-corrected chi connectivity index (χ2v) is 7.72. The fourth-order valence-corrected chi connectivity index (χ4v) is 3.41. The van der Waals surface area contributed by atoms with Gasteiger partial charge in [0.1, 0.15) is 5.82 Å². The molecular weight excluding hydrogens is 402 g/mol. The number of halogens is 1. The molecule has 23 heavy (non-hydrogen) atoms. The van der Waals surface area contributed by atoms with Crippen LogP contribution in [0.3, 0.4) is 0 Å². The normalized spacial score (nSPS) is 10.6. The lowest BCUT2D eigenvalue weighted by molar-refractivity contribution is -0.121. The topological polar surface area (TPSA) is 83.0 Å². The Morgan fingerprint density at radius 1 is 1.52 bits per heavy atom. The monoisotopic (exact) mass is 417 g/mol. The largest absolute Gasteiger partial charge is 0.354 e. The number of nitrogens with one attached hydrogen (secondary N) is 2. The van der Waals surface area contributed by atoms with Gasteiger partial charge >= 0.3 is 0 Å². The lowest BCUT2D eigenvalue weighted by Crippen LogP contribution is -2.38. The Labute approximate surface area is 150 Å². The first-order valence-electron chi connectivity index (χ1n) is 6.76. The second kappa shape index (κ2) is 7.84. The zero-order chi connectivity index (χ0) is 17.0. The highest BCUT2D eigenvalue weighted by molar-refractivity contribution is 9.11. The number of rotatable bonds is 6. The Bertz CT molecular complexity index is 767. The highest BCUT2D eigenvalue weighted by Gasteiger charge is 2.16. The van der Waals surface area contributed by atoms with E-state index >= 15 is 0 Å². The number of hydrogen-bond donors (Lipinski definition) is 2. The molecule has 2 amide bonds. The van der Waals surface area contributed by atoms with Crippen LogP contribution in [0.4, 0.5) is 0 Å². The highest BCUT2D eigenvalue weighted by atomic mass is 79.9. The first-order chi connectivity index (χ1) is 10.9. The van der Waals surface area contributed by atoms with Gasteiger partial charge in [0.05, 0.1) is 15.2 Å². The van der Waals surface area contributed by atoms with Crippen molar-refractivity contribution >= 4 is 51.3 Å². The van der Waals surface area contributed by atoms with Crippen LogP contribution in [0.15, 0.2) is 15.9 Å². The number of carbonyl (C=O) groups is 2. The quantitative estimate of drug-likeness (QED) is 0.701. The Hall–Kier alpha value is -1.52. The summed E-state index contributed by atoms with van der Waals surface area (Å²) < 4.78 is 3.18. The van der Waals surface area contributed by atoms with Crippen molar-refractivity contribution in [2.75, 3.05) is 20.1 Å². The molecule has 2 aromatic heterocycles. The van der Waals surface area contributed by atoms with Crippen LogP contribution in [0.25, 0.3) is 0 Å². The fourth-order valence-electron chi connectivity index (χ4n) is 1.88. The lowest BCUT2D eigenvalue weighted by Gasteiger charge is -2.15. The molecule has 0 aromatic carbocycles. The van der Waals surface area contributed by atoms with Crippen molar-refractivity contribution in [3.63, 3.8) is 0 Å². The minimum Gasteiger partial charge on any atom is -0.354 e. The maximum absolute atomic E-state index is 12.1. The van der Waals surface area contributed by atoms with Crippen LogP contribution in [0.1, 0.15) is 15.5 Å². The zero-order valence-corrected chi connectivity index (χ0v) is 15.8. The average molecular weight is 418 g/mol. The van der Waals surface area contributed by atoms with Crippen molar-refractivity contribution in [3.05, 3.63) is 31.4 Å². The number of thiophene rings is 1. The zero-order valence-electron chi connectivity index (χ0n) is 12.6. The van der Waals surface area contributed by atoms with E-state index in [1.165, 1.54) is 16.2 Å². The van der Waals surface area contributed by atoms with Gasteiger partial charge in [0.2, 0.25) is 5.91 Å². The third-order valence-corrected chi connectivity index (χ3v) is 5.13. The molecular formula is C13H16BrN5O2S2. The summed E-state index contributed by atoms with van der Waals surface area (Å²) in [5.74, 6) is 0.377. The molecule has 0 radical (unpaired) electrons. The van der Waals surface area contributed by atoms with Gasteiger partial charge in [-0.15, -0.1) is 11.3 Å². The maximum atomic E-state index is 12.1. The summed E-state index contributed by atoms with van der Waals surface area (Å²) >= 11 is 9.68. The van der Waals surface area contributed by atoms with Crippen LogP contribution in [-0.4, -0.2) is 51.6 Å². The summed E-state index contributed by atoms with van der Waals surface area (Å²) in [6.45, 7) is 0.437. The maximum Gasteiger partial charge on any atom is 0.264 e. The third kappa shape index (κ3) is 4.72. The SMILES string of the molecule is CN(CC(=O)NCCc1n[nH]c(=S)n1C)C(=O)c1ccc(Br)s1. The summed E-state index contributed by atoms with van der Waals surface area (Å²) in [5.41, 5.74) is 0. The van der Waals surface area contributed by atoms with E-state index in [0.717, 1.165) is 9.61 Å². The molecule has 0 aliphatic carbocycles. The second-order valence-electron chi connectivity index (χ2n) is 4.87. The molecule has 2 rings (SSSR count). The van der Waals surface area contributed by atoms with Gasteiger partial charge in [0.15, 0.2) is 4.77 Å². The number of aromatic nitrogens is 3. The van der Waals surface area contributed by atoms with Crippen molar-refractivity contribution in [1.29, 1.82) is 0 Å². The van der Waals surface area contributed by atoms with Crippen LogP contribution in [-0.2, 0) is 18.3 Å². The molecule has 0 atom stereocenters. The predicted octanol–water partition coefficient (Wildman–Crippen LogP) is 1.73. The average Bonchev–Trinajstić information content (AvgIpc) is 3.07. The summed E-state index contributed by atoms with van der Waals surface area (Å²) in [5, 5.41) is 9.53. The Balaban J connectivity index is 1.79. The molecule has 0 saturated heterocycles. The van der Waals surface area contributed by atoms with Gasteiger partial charge < -0.3 is 14.8 Å². The number of likely N-dealkylation sites (N-methyl/N-ethyl adjacent to an activating group) is 1. The molecule has 0 saturated carbocycles. The molecule has 0 unspecified atom stereocenters. The van der Waals surface area contributed by atoms with E-state index < -0.39 is 0 Å². The van der Waals surface area contributed by atoms with Gasteiger partial charge in [-0.1, -0.05) is 0 Å². The van der Waals surface area contributed by atoms with Crippen molar-refractivity contribution in [1.82, 2.24) is 25.0 Å². The van der Waals surface area contributed by atoms with Gasteiger partial charge in [0, 0.05) is 27.1 Å². The van der Waals surface area contributed by atoms with E-state index in [9.17, 15) is 9.59 Å². The minimum atomic E-state index is -0.215. The summed E-state index contributed by atoms with van der Waals surface area (Å²) in [7, 11) is 3.42. The first kappa shape index (κ1) is 17.8. The molecule has 0 fully saturated rings. The molecule has 0 bridgehead atoms. The van der Waals surface area contributed by atoms with Gasteiger partial charge in [-0.25, -0.2) is 0 Å². The number of aromatic amines is 1. The third-order valence-electron chi connectivity index (χ3n) is 3.15. The Morgan fingerprint density at radius 2 is 2.26 bits per heavy atom. The van der Waals surface area contributed by atoms with Crippen LogP contribution in [0.2, 0.25) is 0 Å². The van der Waals surface area contributed by atoms with Gasteiger partial charge in [-0.2, -0.15) is 5.10 Å². The van der Waals surface area contributed by atoms with E-state index in [0.29, 0.717) is 22.6 Å². The molecule has 7 nitrogen and oxygen atoms in total. The molecule has 0 spiro atoms. The van der Waals surface area contributed by atoms with Gasteiger partial charge in [0.25, 0.3) is 5.91 Å². The standard InChI is InChI=1S/C13H16BrN5O2S2/c1-18(12(21)8-3-4-9(14)23-8)7-11(20)15-6-5-10-16-17-13(22)19(10)2/h3-4H,5-7H2,1-2H3,(H,15,20)(H,17,22). The number of amides is 2. The van der Waals surface area contributed by atoms with Crippen molar-refractivity contribution < 1.29 is 9.59 Å². The number of hydrogen-bond acceptors (Lipinski definition) is 5. The minimum absolute atomic E-state index is 0.00727. The predicted molar refractivity (Wildman–Crippen MR) is 94.1 cm³/mol. The van der Waals surface area contributed by atoms with Crippen LogP contribution < -0.4 is 5.32 Å². The van der Waals surface area contributed by atoms with Gasteiger partial charge in [-0.05, 0) is 40.3 Å². The Kier molecular flexibility index (Phi) is 6.08. The Morgan fingerprint density at radius 3 is 2.83 bits per heavy atom. The summed E-state index contributed by atoms with van der Waals surface area (Å²) in [6.07, 6.45) is 0.560. The van der Waals surface area contributed by atoms with Crippen molar-refractivity contribution in [3.8, 4) is 0 Å². The van der Waals surface area contributed by atoms with Crippen LogP contribution in [0, 0.1) is 4.77 Å². The molecule has 2 aromatic rings. The highest BCUT2D eigenvalue weighted by Crippen LogP contribution is 2.22. The van der Waals surface area contributed by atoms with Crippen LogP contribution in [0.5, 0.6) is 0 Å². The summed E-state index contributed by atoms with van der Waals surface area (Å²) in [6, 6.07) is 3.54. The molecule has 0 aliphatic heterocycles. The van der Waals surface area contributed by atoms with Gasteiger partial charge in [-0.3, -0.25) is 14.7 Å².